The van der Waals surface area contributed by atoms with E-state index in [4.69, 9.17) is 14.2 Å². The van der Waals surface area contributed by atoms with Gasteiger partial charge in [0.05, 0.1) is 39.2 Å². The van der Waals surface area contributed by atoms with Gasteiger partial charge < -0.3 is 24.4 Å². The van der Waals surface area contributed by atoms with Gasteiger partial charge in [0.2, 0.25) is 0 Å². The minimum absolute atomic E-state index is 0.0975. The summed E-state index contributed by atoms with van der Waals surface area (Å²) in [6.45, 7) is 7.34. The number of carbonyl (C=O) groups is 2. The van der Waals surface area contributed by atoms with Crippen LogP contribution in [0.15, 0.2) is 47.6 Å². The van der Waals surface area contributed by atoms with Crippen molar-refractivity contribution in [1.82, 2.24) is 20.1 Å². The van der Waals surface area contributed by atoms with Crippen molar-refractivity contribution in [2.75, 3.05) is 60.2 Å². The average molecular weight is 556 g/mol. The monoisotopic (exact) mass is 555 g/mol. The molecule has 1 atom stereocenters. The molecule has 10 nitrogen and oxygen atoms in total. The van der Waals surface area contributed by atoms with Gasteiger partial charge in [0.1, 0.15) is 23.9 Å². The molecule has 0 saturated carbocycles. The summed E-state index contributed by atoms with van der Waals surface area (Å²) < 4.78 is 31.2. The Balaban J connectivity index is 1.64. The maximum Gasteiger partial charge on any atom is 0.318 e. The highest BCUT2D eigenvalue weighted by Gasteiger charge is 2.37. The molecular weight excluding hydrogens is 517 g/mol. The SMILES string of the molecule is COc1ccc(OC)c([C@@H]2CC(c3ccccc3F)=NN2C(=O)CN(CCN2CCOCC2)C(=O)NC(C)C)c1. The lowest BCUT2D eigenvalue weighted by Crippen LogP contribution is -2.50. The lowest BCUT2D eigenvalue weighted by atomic mass is 9.97. The third-order valence-electron chi connectivity index (χ3n) is 6.96. The summed E-state index contributed by atoms with van der Waals surface area (Å²) in [6, 6.07) is 10.7. The largest absolute Gasteiger partial charge is 0.497 e. The second-order valence-electron chi connectivity index (χ2n) is 10.1. The number of hydrogen-bond donors (Lipinski definition) is 1. The molecule has 40 heavy (non-hydrogen) atoms. The van der Waals surface area contributed by atoms with Crippen LogP contribution >= 0.6 is 0 Å². The van der Waals surface area contributed by atoms with Crippen LogP contribution in [-0.4, -0.2) is 98.7 Å². The molecule has 3 amide bonds. The third-order valence-corrected chi connectivity index (χ3v) is 6.96. The number of benzene rings is 2. The predicted molar refractivity (Wildman–Crippen MR) is 149 cm³/mol. The summed E-state index contributed by atoms with van der Waals surface area (Å²) in [7, 11) is 3.11. The van der Waals surface area contributed by atoms with E-state index in [0.29, 0.717) is 54.6 Å². The van der Waals surface area contributed by atoms with Gasteiger partial charge >= 0.3 is 6.03 Å². The van der Waals surface area contributed by atoms with Crippen molar-refractivity contribution in [3.8, 4) is 11.5 Å². The summed E-state index contributed by atoms with van der Waals surface area (Å²) in [5.41, 5.74) is 1.44. The number of methoxy groups -OCH3 is 2. The molecule has 0 unspecified atom stereocenters. The molecular formula is C29H38FN5O5. The quantitative estimate of drug-likeness (QED) is 0.484. The summed E-state index contributed by atoms with van der Waals surface area (Å²) in [6.07, 6.45) is 0.266. The molecule has 0 aliphatic carbocycles. The smallest absolute Gasteiger partial charge is 0.318 e. The van der Waals surface area contributed by atoms with Gasteiger partial charge in [0, 0.05) is 49.8 Å². The van der Waals surface area contributed by atoms with E-state index in [2.05, 4.69) is 15.3 Å². The van der Waals surface area contributed by atoms with Crippen molar-refractivity contribution in [1.29, 1.82) is 0 Å². The van der Waals surface area contributed by atoms with E-state index >= 15 is 0 Å². The van der Waals surface area contributed by atoms with E-state index < -0.39 is 11.9 Å². The highest BCUT2D eigenvalue weighted by Crippen LogP contribution is 2.39. The fourth-order valence-corrected chi connectivity index (χ4v) is 4.85. The van der Waals surface area contributed by atoms with Crippen molar-refractivity contribution in [3.05, 3.63) is 59.4 Å². The van der Waals surface area contributed by atoms with Crippen LogP contribution < -0.4 is 14.8 Å². The molecule has 2 heterocycles. The topological polar surface area (TPSA) is 95.9 Å². The first-order chi connectivity index (χ1) is 19.3. The fraction of sp³-hybridized carbons (Fsp3) is 0.483. The molecule has 1 saturated heterocycles. The highest BCUT2D eigenvalue weighted by atomic mass is 19.1. The number of carbonyl (C=O) groups excluding carboxylic acids is 2. The predicted octanol–water partition coefficient (Wildman–Crippen LogP) is 3.27. The number of urea groups is 1. The molecule has 0 bridgehead atoms. The zero-order valence-corrected chi connectivity index (χ0v) is 23.6. The number of nitrogens with one attached hydrogen (secondary N) is 1. The Kier molecular flexibility index (Phi) is 9.94. The number of amides is 3. The number of rotatable bonds is 10. The van der Waals surface area contributed by atoms with E-state index in [1.54, 1.807) is 50.6 Å². The van der Waals surface area contributed by atoms with Crippen molar-refractivity contribution >= 4 is 17.6 Å². The fourth-order valence-electron chi connectivity index (χ4n) is 4.85. The van der Waals surface area contributed by atoms with Gasteiger partial charge in [-0.3, -0.25) is 9.69 Å². The molecule has 2 aromatic rings. The standard InChI is InChI=1S/C29H38FN5O5/c1-20(2)31-29(37)34(12-11-33-13-15-40-16-14-33)19-28(36)35-26(23-17-21(38-3)9-10-27(23)39-4)18-25(32-35)22-7-5-6-8-24(22)30/h5-10,17,20,26H,11-16,18-19H2,1-4H3,(H,31,37)/t26-/m0/s1. The van der Waals surface area contributed by atoms with Crippen LogP contribution in [0.2, 0.25) is 0 Å². The van der Waals surface area contributed by atoms with Crippen molar-refractivity contribution < 1.29 is 28.2 Å². The molecule has 2 aliphatic heterocycles. The maximum absolute atomic E-state index is 14.8. The maximum atomic E-state index is 14.8. The summed E-state index contributed by atoms with van der Waals surface area (Å²) in [5, 5.41) is 8.86. The van der Waals surface area contributed by atoms with Gasteiger partial charge in [-0.05, 0) is 38.1 Å². The Labute approximate surface area is 234 Å². The van der Waals surface area contributed by atoms with Gasteiger partial charge in [0.15, 0.2) is 0 Å². The molecule has 2 aliphatic rings. The Morgan fingerprint density at radius 2 is 1.90 bits per heavy atom. The summed E-state index contributed by atoms with van der Waals surface area (Å²) in [4.78, 5) is 30.7. The minimum atomic E-state index is -0.582. The Bertz CT molecular complexity index is 1220. The van der Waals surface area contributed by atoms with E-state index in [1.165, 1.54) is 16.0 Å². The van der Waals surface area contributed by atoms with Crippen LogP contribution in [0.1, 0.15) is 37.4 Å². The van der Waals surface area contributed by atoms with Gasteiger partial charge in [-0.1, -0.05) is 18.2 Å². The average Bonchev–Trinajstić information content (AvgIpc) is 3.40. The number of morpholine rings is 1. The molecule has 1 fully saturated rings. The lowest BCUT2D eigenvalue weighted by molar-refractivity contribution is -0.133. The minimum Gasteiger partial charge on any atom is -0.497 e. The Morgan fingerprint density at radius 3 is 2.58 bits per heavy atom. The van der Waals surface area contributed by atoms with Gasteiger partial charge in [0.25, 0.3) is 5.91 Å². The molecule has 0 spiro atoms. The van der Waals surface area contributed by atoms with Crippen LogP contribution in [0, 0.1) is 5.82 Å². The molecule has 4 rings (SSSR count). The Hall–Kier alpha value is -3.70. The van der Waals surface area contributed by atoms with E-state index in [1.807, 2.05) is 13.8 Å². The van der Waals surface area contributed by atoms with E-state index in [9.17, 15) is 14.0 Å². The van der Waals surface area contributed by atoms with Crippen molar-refractivity contribution in [2.45, 2.75) is 32.4 Å². The molecule has 2 aromatic carbocycles. The number of hydrazone groups is 1. The number of nitrogens with zero attached hydrogens (tertiary/aromatic N) is 4. The number of hydrogen-bond acceptors (Lipinski definition) is 7. The molecule has 0 aromatic heterocycles. The van der Waals surface area contributed by atoms with Crippen molar-refractivity contribution in [2.24, 2.45) is 5.10 Å². The molecule has 0 radical (unpaired) electrons. The summed E-state index contributed by atoms with van der Waals surface area (Å²) in [5.74, 6) is 0.332. The van der Waals surface area contributed by atoms with Crippen LogP contribution in [0.3, 0.4) is 0 Å². The summed E-state index contributed by atoms with van der Waals surface area (Å²) >= 11 is 0. The van der Waals surface area contributed by atoms with E-state index in [0.717, 1.165) is 13.1 Å². The molecule has 11 heteroatoms. The normalized spacial score (nSPS) is 17.5. The van der Waals surface area contributed by atoms with Crippen LogP contribution in [0.5, 0.6) is 11.5 Å². The van der Waals surface area contributed by atoms with E-state index in [-0.39, 0.29) is 30.9 Å². The number of halogens is 1. The van der Waals surface area contributed by atoms with Gasteiger partial charge in [-0.15, -0.1) is 0 Å². The highest BCUT2D eigenvalue weighted by molar-refractivity contribution is 6.03. The van der Waals surface area contributed by atoms with Gasteiger partial charge in [-0.25, -0.2) is 14.2 Å². The first-order valence-corrected chi connectivity index (χ1v) is 13.5. The zero-order chi connectivity index (χ0) is 28.6. The zero-order valence-electron chi connectivity index (χ0n) is 23.6. The lowest BCUT2D eigenvalue weighted by Gasteiger charge is -2.31. The first-order valence-electron chi connectivity index (χ1n) is 13.5. The second-order valence-corrected chi connectivity index (χ2v) is 10.1. The van der Waals surface area contributed by atoms with Crippen LogP contribution in [-0.2, 0) is 9.53 Å². The first kappa shape index (κ1) is 29.3. The van der Waals surface area contributed by atoms with Crippen LogP contribution in [0.4, 0.5) is 9.18 Å². The Morgan fingerprint density at radius 1 is 1.15 bits per heavy atom. The van der Waals surface area contributed by atoms with Gasteiger partial charge in [-0.2, -0.15) is 5.10 Å². The molecule has 216 valence electrons. The third kappa shape index (κ3) is 7.08. The number of ether oxygens (including phenoxy) is 3. The van der Waals surface area contributed by atoms with Crippen LogP contribution in [0.25, 0.3) is 0 Å². The second kappa shape index (κ2) is 13.6. The molecule has 1 N–H and O–H groups in total. The van der Waals surface area contributed by atoms with Crippen molar-refractivity contribution in [3.63, 3.8) is 0 Å².